The molecule has 0 unspecified atom stereocenters. The van der Waals surface area contributed by atoms with Crippen molar-refractivity contribution in [2.24, 2.45) is 24.6 Å². The van der Waals surface area contributed by atoms with Gasteiger partial charge in [-0.05, 0) is 50.2 Å². The number of aryl methyl sites for hydroxylation is 1. The summed E-state index contributed by atoms with van der Waals surface area (Å²) in [7, 11) is 3.43. The summed E-state index contributed by atoms with van der Waals surface area (Å²) in [5.41, 5.74) is 8.85. The maximum absolute atomic E-state index is 11.7. The van der Waals surface area contributed by atoms with Crippen LogP contribution in [0.2, 0.25) is 0 Å². The van der Waals surface area contributed by atoms with Crippen LogP contribution in [0.5, 0.6) is 0 Å². The number of carbonyl (C=O) groups excluding carboxylic acids is 1. The van der Waals surface area contributed by atoms with E-state index in [1.807, 2.05) is 48.0 Å². The molecule has 0 radical (unpaired) electrons. The number of nitrogens with zero attached hydrogens (tertiary/aromatic N) is 3. The number of nitrogens with two attached hydrogens (primary N) is 1. The molecule has 2 aromatic heterocycles. The van der Waals surface area contributed by atoms with Crippen molar-refractivity contribution >= 4 is 28.8 Å². The Hall–Kier alpha value is -3.42. The quantitative estimate of drug-likeness (QED) is 0.296. The fourth-order valence-electron chi connectivity index (χ4n) is 4.48. The van der Waals surface area contributed by atoms with Crippen molar-refractivity contribution in [1.29, 1.82) is 5.41 Å². The average molecular weight is 435 g/mol. The first kappa shape index (κ1) is 21.8. The Kier molecular flexibility index (Phi) is 6.39. The summed E-state index contributed by atoms with van der Waals surface area (Å²) in [6.45, 7) is 0.850. The van der Waals surface area contributed by atoms with Crippen LogP contribution < -0.4 is 11.1 Å². The van der Waals surface area contributed by atoms with E-state index in [1.165, 1.54) is 7.11 Å². The van der Waals surface area contributed by atoms with Crippen LogP contribution in [0.15, 0.2) is 36.4 Å². The molecule has 168 valence electrons. The van der Waals surface area contributed by atoms with E-state index >= 15 is 0 Å². The second kappa shape index (κ2) is 9.38. The number of pyridine rings is 1. The van der Waals surface area contributed by atoms with E-state index < -0.39 is 0 Å². The van der Waals surface area contributed by atoms with Gasteiger partial charge in [-0.2, -0.15) is 0 Å². The molecule has 2 heterocycles. The van der Waals surface area contributed by atoms with Crippen LogP contribution in [-0.2, 0) is 16.6 Å². The summed E-state index contributed by atoms with van der Waals surface area (Å²) in [6, 6.07) is 11.5. The molecule has 3 aromatic rings. The molecule has 0 aliphatic heterocycles. The van der Waals surface area contributed by atoms with E-state index in [0.29, 0.717) is 11.5 Å². The van der Waals surface area contributed by atoms with Crippen molar-refractivity contribution in [3.8, 4) is 11.4 Å². The van der Waals surface area contributed by atoms with Gasteiger partial charge >= 0.3 is 5.97 Å². The van der Waals surface area contributed by atoms with Crippen LogP contribution in [0.1, 0.15) is 37.7 Å². The predicted molar refractivity (Wildman–Crippen MR) is 126 cm³/mol. The van der Waals surface area contributed by atoms with E-state index in [0.717, 1.165) is 67.0 Å². The van der Waals surface area contributed by atoms with Crippen LogP contribution in [0.3, 0.4) is 0 Å². The van der Waals surface area contributed by atoms with Gasteiger partial charge in [0.25, 0.3) is 0 Å². The zero-order chi connectivity index (χ0) is 22.7. The van der Waals surface area contributed by atoms with Gasteiger partial charge in [-0.3, -0.25) is 10.2 Å². The minimum absolute atomic E-state index is 0.0513. The van der Waals surface area contributed by atoms with Crippen molar-refractivity contribution in [1.82, 2.24) is 14.5 Å². The van der Waals surface area contributed by atoms with Gasteiger partial charge in [0.1, 0.15) is 23.0 Å². The Morgan fingerprint density at radius 3 is 2.53 bits per heavy atom. The number of rotatable bonds is 7. The molecule has 1 aliphatic carbocycles. The lowest BCUT2D eigenvalue weighted by Crippen LogP contribution is -2.23. The van der Waals surface area contributed by atoms with Crippen molar-refractivity contribution in [3.05, 3.63) is 42.0 Å². The molecule has 0 spiro atoms. The number of anilines is 1. The fraction of sp³-hybridized carbons (Fsp3) is 0.417. The highest BCUT2D eigenvalue weighted by Gasteiger charge is 2.26. The zero-order valence-electron chi connectivity index (χ0n) is 18.6. The summed E-state index contributed by atoms with van der Waals surface area (Å²) in [4.78, 5) is 21.2. The number of esters is 1. The van der Waals surface area contributed by atoms with Gasteiger partial charge in [-0.1, -0.05) is 24.3 Å². The Labute approximate surface area is 187 Å². The first-order chi connectivity index (χ1) is 15.5. The number of methoxy groups -OCH3 is 1. The van der Waals surface area contributed by atoms with Crippen LogP contribution in [-0.4, -0.2) is 40.0 Å². The minimum Gasteiger partial charge on any atom is -0.469 e. The van der Waals surface area contributed by atoms with Crippen LogP contribution in [0.25, 0.3) is 22.6 Å². The van der Waals surface area contributed by atoms with Gasteiger partial charge in [0.05, 0.1) is 13.0 Å². The molecule has 1 aliphatic rings. The molecular weight excluding hydrogens is 404 g/mol. The molecule has 0 atom stereocenters. The molecule has 1 aromatic carbocycles. The number of ether oxygens (including phenoxy) is 1. The number of nitrogen functional groups attached to an aromatic ring is 1. The molecule has 0 bridgehead atoms. The maximum atomic E-state index is 11.7. The summed E-state index contributed by atoms with van der Waals surface area (Å²) in [6.07, 6.45) is 5.05. The number of carbonyl (C=O) groups is 1. The first-order valence-corrected chi connectivity index (χ1v) is 11.1. The summed E-state index contributed by atoms with van der Waals surface area (Å²) in [5, 5.41) is 11.0. The molecule has 4 rings (SSSR count). The number of nitrogens with one attached hydrogen (secondary N) is 2. The zero-order valence-corrected chi connectivity index (χ0v) is 18.6. The standard InChI is InChI=1S/C24H30N6O2/c1-30-22(17-9-7-16(8-10-17)21(25)26)28-19-11-12-20(29-23(19)30)27-14-13-15-3-5-18(6-4-15)24(31)32-2/h7-12,15,18H,3-6,13-14H2,1-2H3,(H3,25,26)(H,27,29). The topological polar surface area (TPSA) is 119 Å². The molecule has 32 heavy (non-hydrogen) atoms. The number of hydrogen-bond acceptors (Lipinski definition) is 6. The molecular formula is C24H30N6O2. The monoisotopic (exact) mass is 434 g/mol. The van der Waals surface area contributed by atoms with Gasteiger partial charge in [0.15, 0.2) is 5.65 Å². The third-order valence-electron chi connectivity index (χ3n) is 6.41. The number of imidazole rings is 1. The van der Waals surface area contributed by atoms with Crippen molar-refractivity contribution in [2.45, 2.75) is 32.1 Å². The third-order valence-corrected chi connectivity index (χ3v) is 6.41. The first-order valence-electron chi connectivity index (χ1n) is 11.1. The number of amidine groups is 1. The van der Waals surface area contributed by atoms with Crippen LogP contribution in [0.4, 0.5) is 5.82 Å². The lowest BCUT2D eigenvalue weighted by atomic mass is 9.80. The van der Waals surface area contributed by atoms with Crippen molar-refractivity contribution in [3.63, 3.8) is 0 Å². The highest BCUT2D eigenvalue weighted by atomic mass is 16.5. The maximum Gasteiger partial charge on any atom is 0.308 e. The Balaban J connectivity index is 1.38. The summed E-state index contributed by atoms with van der Waals surface area (Å²) >= 11 is 0. The van der Waals surface area contributed by atoms with E-state index in [4.69, 9.17) is 25.8 Å². The molecule has 8 nitrogen and oxygen atoms in total. The van der Waals surface area contributed by atoms with E-state index in [9.17, 15) is 4.79 Å². The van der Waals surface area contributed by atoms with E-state index in [1.54, 1.807) is 0 Å². The molecule has 1 saturated carbocycles. The van der Waals surface area contributed by atoms with Gasteiger partial charge in [0, 0.05) is 24.7 Å². The third kappa shape index (κ3) is 4.59. The lowest BCUT2D eigenvalue weighted by molar-refractivity contribution is -0.146. The highest BCUT2D eigenvalue weighted by molar-refractivity contribution is 5.95. The van der Waals surface area contributed by atoms with Gasteiger partial charge in [0.2, 0.25) is 0 Å². The van der Waals surface area contributed by atoms with E-state index in [-0.39, 0.29) is 17.7 Å². The highest BCUT2D eigenvalue weighted by Crippen LogP contribution is 2.31. The second-order valence-electron chi connectivity index (χ2n) is 8.48. The predicted octanol–water partition coefficient (Wildman–Crippen LogP) is 3.70. The van der Waals surface area contributed by atoms with Gasteiger partial charge in [-0.15, -0.1) is 0 Å². The lowest BCUT2D eigenvalue weighted by Gasteiger charge is -2.26. The average Bonchev–Trinajstić information content (AvgIpc) is 3.15. The number of hydrogen-bond donors (Lipinski definition) is 3. The van der Waals surface area contributed by atoms with Gasteiger partial charge in [-0.25, -0.2) is 9.97 Å². The molecule has 8 heteroatoms. The Bertz CT molecular complexity index is 1110. The van der Waals surface area contributed by atoms with Crippen molar-refractivity contribution < 1.29 is 9.53 Å². The molecule has 1 fully saturated rings. The fourth-order valence-corrected chi connectivity index (χ4v) is 4.48. The SMILES string of the molecule is COC(=O)C1CCC(CCNc2ccc3nc(-c4ccc(C(=N)N)cc4)n(C)c3n2)CC1. The number of benzene rings is 1. The van der Waals surface area contributed by atoms with Crippen molar-refractivity contribution in [2.75, 3.05) is 19.0 Å². The minimum atomic E-state index is -0.0654. The second-order valence-corrected chi connectivity index (χ2v) is 8.48. The van der Waals surface area contributed by atoms with Crippen LogP contribution in [0, 0.1) is 17.2 Å². The molecule has 0 amide bonds. The van der Waals surface area contributed by atoms with Gasteiger partial charge < -0.3 is 20.4 Å². The number of aromatic nitrogens is 3. The molecule has 4 N–H and O–H groups in total. The molecule has 0 saturated heterocycles. The van der Waals surface area contributed by atoms with Crippen LogP contribution >= 0.6 is 0 Å². The number of fused-ring (bicyclic) bond motifs is 1. The smallest absolute Gasteiger partial charge is 0.308 e. The Morgan fingerprint density at radius 1 is 1.16 bits per heavy atom. The summed E-state index contributed by atoms with van der Waals surface area (Å²) < 4.78 is 6.86. The normalized spacial score (nSPS) is 18.4. The summed E-state index contributed by atoms with van der Waals surface area (Å²) in [5.74, 6) is 2.35. The van der Waals surface area contributed by atoms with E-state index in [2.05, 4.69) is 5.32 Å². The Morgan fingerprint density at radius 2 is 1.88 bits per heavy atom. The largest absolute Gasteiger partial charge is 0.469 e.